The summed E-state index contributed by atoms with van der Waals surface area (Å²) in [5.41, 5.74) is -3.92. The van der Waals surface area contributed by atoms with Gasteiger partial charge in [-0.05, 0) is 53.7 Å². The van der Waals surface area contributed by atoms with E-state index in [1.807, 2.05) is 0 Å². The van der Waals surface area contributed by atoms with Crippen LogP contribution in [0, 0.1) is 5.41 Å². The molecule has 0 saturated carbocycles. The van der Waals surface area contributed by atoms with E-state index in [1.165, 1.54) is 55.8 Å². The first-order chi connectivity index (χ1) is 14.2. The van der Waals surface area contributed by atoms with Gasteiger partial charge in [-0.1, -0.05) is 0 Å². The molecule has 1 aliphatic heterocycles. The number of benzene rings is 1. The van der Waals surface area contributed by atoms with Crippen molar-refractivity contribution in [1.82, 2.24) is 10.6 Å². The van der Waals surface area contributed by atoms with E-state index in [1.54, 1.807) is 12.1 Å². The highest BCUT2D eigenvalue weighted by Crippen LogP contribution is 2.41. The van der Waals surface area contributed by atoms with Crippen LogP contribution in [-0.2, 0) is 19.2 Å². The molecule has 2 rings (SSSR count). The molecular formula is C21H30N4O6. The van der Waals surface area contributed by atoms with Gasteiger partial charge in [0.2, 0.25) is 23.6 Å². The lowest BCUT2D eigenvalue weighted by atomic mass is 9.88. The fraction of sp³-hybridized carbons (Fsp3) is 0.524. The van der Waals surface area contributed by atoms with Crippen LogP contribution in [0.2, 0.25) is 0 Å². The number of hydrogen-bond donors (Lipinski definition) is 4. The number of carbonyl (C=O) groups is 4. The van der Waals surface area contributed by atoms with Gasteiger partial charge in [-0.2, -0.15) is 0 Å². The Balaban J connectivity index is 2.70. The molecule has 4 amide bonds. The largest absolute Gasteiger partial charge is 0.493 e. The molecule has 1 heterocycles. The second-order valence-electron chi connectivity index (χ2n) is 8.92. The smallest absolute Gasteiger partial charge is 0.249 e. The number of methoxy groups -OCH3 is 2. The lowest BCUT2D eigenvalue weighted by molar-refractivity contribution is -0.145. The van der Waals surface area contributed by atoms with Crippen molar-refractivity contribution in [2.24, 2.45) is 5.41 Å². The average Bonchev–Trinajstić information content (AvgIpc) is 2.67. The Morgan fingerprint density at radius 3 is 1.61 bits per heavy atom. The van der Waals surface area contributed by atoms with Crippen molar-refractivity contribution in [2.75, 3.05) is 24.9 Å². The van der Waals surface area contributed by atoms with E-state index in [2.05, 4.69) is 21.3 Å². The summed E-state index contributed by atoms with van der Waals surface area (Å²) in [6.07, 6.45) is 0. The highest BCUT2D eigenvalue weighted by molar-refractivity contribution is 6.12. The number of nitrogens with one attached hydrogen (secondary N) is 4. The Bertz CT molecular complexity index is 936. The van der Waals surface area contributed by atoms with E-state index < -0.39 is 40.1 Å². The third kappa shape index (κ3) is 4.57. The molecule has 0 atom stereocenters. The summed E-state index contributed by atoms with van der Waals surface area (Å²) >= 11 is 0. The monoisotopic (exact) mass is 434 g/mol. The maximum Gasteiger partial charge on any atom is 0.249 e. The van der Waals surface area contributed by atoms with Crippen LogP contribution < -0.4 is 30.7 Å². The van der Waals surface area contributed by atoms with Crippen LogP contribution in [0.4, 0.5) is 11.4 Å². The molecule has 10 nitrogen and oxygen atoms in total. The zero-order valence-corrected chi connectivity index (χ0v) is 19.1. The zero-order chi connectivity index (χ0) is 23.8. The topological polar surface area (TPSA) is 135 Å². The molecule has 1 aromatic carbocycles. The number of anilines is 2. The Hall–Kier alpha value is -3.30. The number of carbonyl (C=O) groups excluding carboxylic acids is 4. The fourth-order valence-electron chi connectivity index (χ4n) is 2.80. The summed E-state index contributed by atoms with van der Waals surface area (Å²) in [6.45, 7) is 8.86. The SMILES string of the molecule is COc1ccc2c(c1OC)NC(=O)C(C)(C)NC(=O)C(C)(C)C(=O)NC(C)(C)C(=O)N2. The van der Waals surface area contributed by atoms with Gasteiger partial charge in [-0.3, -0.25) is 19.2 Å². The predicted molar refractivity (Wildman–Crippen MR) is 115 cm³/mol. The van der Waals surface area contributed by atoms with Crippen molar-refractivity contribution in [3.63, 3.8) is 0 Å². The predicted octanol–water partition coefficient (Wildman–Crippen LogP) is 1.41. The Labute approximate surface area is 181 Å². The molecule has 1 aromatic rings. The molecule has 31 heavy (non-hydrogen) atoms. The molecule has 0 fully saturated rings. The van der Waals surface area contributed by atoms with Crippen LogP contribution in [0.15, 0.2) is 12.1 Å². The standard InChI is InChI=1S/C21H30N4O6/c1-19(2)15(26)24-20(3,4)17(28)22-11-9-10-12(30-7)14(31-8)13(11)23-18(29)21(5,6)25-16(19)27/h9-10H,1-8H3,(H,22,28)(H,23,29)(H,24,26)(H,25,27). The highest BCUT2D eigenvalue weighted by atomic mass is 16.5. The summed E-state index contributed by atoms with van der Waals surface area (Å²) in [7, 11) is 2.84. The van der Waals surface area contributed by atoms with Crippen molar-refractivity contribution < 1.29 is 28.7 Å². The number of amides is 4. The molecule has 0 unspecified atom stereocenters. The van der Waals surface area contributed by atoms with Gasteiger partial charge in [0.05, 0.1) is 19.9 Å². The summed E-state index contributed by atoms with van der Waals surface area (Å²) in [5.74, 6) is -1.95. The van der Waals surface area contributed by atoms with Crippen molar-refractivity contribution in [3.05, 3.63) is 12.1 Å². The van der Waals surface area contributed by atoms with Gasteiger partial charge in [0.15, 0.2) is 11.5 Å². The van der Waals surface area contributed by atoms with Gasteiger partial charge in [-0.15, -0.1) is 0 Å². The number of hydrogen-bond acceptors (Lipinski definition) is 6. The lowest BCUT2D eigenvalue weighted by Crippen LogP contribution is -2.61. The first-order valence-electron chi connectivity index (χ1n) is 9.70. The zero-order valence-electron chi connectivity index (χ0n) is 19.1. The average molecular weight is 434 g/mol. The van der Waals surface area contributed by atoms with Crippen molar-refractivity contribution >= 4 is 35.0 Å². The fourth-order valence-corrected chi connectivity index (χ4v) is 2.80. The summed E-state index contributed by atoms with van der Waals surface area (Å²) in [5, 5.41) is 10.6. The highest BCUT2D eigenvalue weighted by Gasteiger charge is 2.44. The van der Waals surface area contributed by atoms with E-state index in [9.17, 15) is 19.2 Å². The minimum Gasteiger partial charge on any atom is -0.493 e. The molecule has 4 N–H and O–H groups in total. The van der Waals surface area contributed by atoms with E-state index in [0.29, 0.717) is 5.75 Å². The van der Waals surface area contributed by atoms with Crippen LogP contribution >= 0.6 is 0 Å². The summed E-state index contributed by atoms with van der Waals surface area (Å²) < 4.78 is 10.7. The third-order valence-corrected chi connectivity index (χ3v) is 5.16. The van der Waals surface area contributed by atoms with Crippen LogP contribution in [0.3, 0.4) is 0 Å². The van der Waals surface area contributed by atoms with Gasteiger partial charge in [-0.25, -0.2) is 0 Å². The molecule has 170 valence electrons. The lowest BCUT2D eigenvalue weighted by Gasteiger charge is -2.32. The molecular weight excluding hydrogens is 404 g/mol. The molecule has 0 spiro atoms. The molecule has 1 aliphatic rings. The number of ether oxygens (including phenoxy) is 2. The first-order valence-corrected chi connectivity index (χ1v) is 9.70. The molecule has 0 radical (unpaired) electrons. The van der Waals surface area contributed by atoms with Crippen molar-refractivity contribution in [3.8, 4) is 11.5 Å². The summed E-state index contributed by atoms with van der Waals surface area (Å²) in [4.78, 5) is 51.8. The molecule has 0 aromatic heterocycles. The van der Waals surface area contributed by atoms with Crippen molar-refractivity contribution in [1.29, 1.82) is 0 Å². The van der Waals surface area contributed by atoms with Gasteiger partial charge in [0, 0.05) is 0 Å². The molecule has 10 heteroatoms. The van der Waals surface area contributed by atoms with E-state index in [4.69, 9.17) is 9.47 Å². The second kappa shape index (κ2) is 8.09. The van der Waals surface area contributed by atoms with Gasteiger partial charge in [0.1, 0.15) is 22.2 Å². The van der Waals surface area contributed by atoms with Gasteiger partial charge < -0.3 is 30.7 Å². The van der Waals surface area contributed by atoms with E-state index in [0.717, 1.165) is 0 Å². The number of fused-ring (bicyclic) bond motifs is 1. The van der Waals surface area contributed by atoms with Gasteiger partial charge in [0.25, 0.3) is 0 Å². The van der Waals surface area contributed by atoms with E-state index >= 15 is 0 Å². The normalized spacial score (nSPS) is 20.4. The van der Waals surface area contributed by atoms with Crippen molar-refractivity contribution in [2.45, 2.75) is 52.6 Å². The van der Waals surface area contributed by atoms with Crippen LogP contribution in [0.5, 0.6) is 11.5 Å². The van der Waals surface area contributed by atoms with Crippen LogP contribution in [-0.4, -0.2) is 48.9 Å². The maximum atomic E-state index is 13.1. The van der Waals surface area contributed by atoms with Crippen LogP contribution in [0.1, 0.15) is 41.5 Å². The Morgan fingerprint density at radius 1 is 0.677 bits per heavy atom. The van der Waals surface area contributed by atoms with E-state index in [-0.39, 0.29) is 17.1 Å². The summed E-state index contributed by atoms with van der Waals surface area (Å²) in [6, 6.07) is 3.12. The van der Waals surface area contributed by atoms with Gasteiger partial charge >= 0.3 is 0 Å². The molecule has 0 bridgehead atoms. The minimum absolute atomic E-state index is 0.156. The Kier molecular flexibility index (Phi) is 6.25. The molecule has 0 aliphatic carbocycles. The Morgan fingerprint density at radius 2 is 1.16 bits per heavy atom. The van der Waals surface area contributed by atoms with Crippen LogP contribution in [0.25, 0.3) is 0 Å². The maximum absolute atomic E-state index is 13.1. The number of rotatable bonds is 2. The third-order valence-electron chi connectivity index (χ3n) is 5.16. The quantitative estimate of drug-likeness (QED) is 0.520. The minimum atomic E-state index is -1.54. The second-order valence-corrected chi connectivity index (χ2v) is 8.92. The first kappa shape index (κ1) is 24.0. The molecule has 0 saturated heterocycles.